The fourth-order valence-electron chi connectivity index (χ4n) is 3.91. The molecule has 2 aromatic rings. The zero-order chi connectivity index (χ0) is 20.9. The van der Waals surface area contributed by atoms with Gasteiger partial charge in [0.1, 0.15) is 0 Å². The number of ether oxygens (including phenoxy) is 2. The molecule has 0 radical (unpaired) electrons. The standard InChI is InChI=1S/C22H31N5O2S.HI/c1-4-23-22(24-8-7-21-16(2)25-17(3)30-21)27-11-9-26(10-12-27)14-18-5-6-19-20(13-18)29-15-28-19;/h5-6,13H,4,7-12,14-15H2,1-3H3,(H,23,24);1H. The fourth-order valence-corrected chi connectivity index (χ4v) is 4.84. The molecule has 0 atom stereocenters. The van der Waals surface area contributed by atoms with Gasteiger partial charge in [0.05, 0.1) is 10.7 Å². The second-order valence-corrected chi connectivity index (χ2v) is 8.97. The number of aryl methyl sites for hydroxylation is 2. The lowest BCUT2D eigenvalue weighted by molar-refractivity contribution is 0.171. The van der Waals surface area contributed by atoms with Crippen molar-refractivity contribution in [2.45, 2.75) is 33.7 Å². The summed E-state index contributed by atoms with van der Waals surface area (Å²) in [5.41, 5.74) is 2.42. The molecule has 1 fully saturated rings. The molecular weight excluding hydrogens is 525 g/mol. The molecule has 2 aliphatic rings. The number of rotatable bonds is 6. The Morgan fingerprint density at radius 2 is 1.94 bits per heavy atom. The first-order valence-electron chi connectivity index (χ1n) is 10.7. The minimum atomic E-state index is 0. The molecule has 7 nitrogen and oxygen atoms in total. The average Bonchev–Trinajstić information content (AvgIpc) is 3.33. The van der Waals surface area contributed by atoms with Crippen LogP contribution in [-0.4, -0.2) is 66.8 Å². The molecule has 31 heavy (non-hydrogen) atoms. The number of nitrogens with zero attached hydrogens (tertiary/aromatic N) is 4. The SMILES string of the molecule is CCNC(=NCCc1sc(C)nc1C)N1CCN(Cc2ccc3c(c2)OCO3)CC1.I. The van der Waals surface area contributed by atoms with E-state index in [-0.39, 0.29) is 24.0 Å². The number of thiazole rings is 1. The second-order valence-electron chi connectivity index (χ2n) is 7.68. The van der Waals surface area contributed by atoms with E-state index in [0.29, 0.717) is 6.79 Å². The number of aromatic nitrogens is 1. The summed E-state index contributed by atoms with van der Waals surface area (Å²) < 4.78 is 10.9. The summed E-state index contributed by atoms with van der Waals surface area (Å²) in [6, 6.07) is 6.24. The van der Waals surface area contributed by atoms with E-state index < -0.39 is 0 Å². The zero-order valence-corrected chi connectivity index (χ0v) is 21.7. The predicted molar refractivity (Wildman–Crippen MR) is 136 cm³/mol. The monoisotopic (exact) mass is 557 g/mol. The molecule has 0 amide bonds. The molecule has 3 heterocycles. The smallest absolute Gasteiger partial charge is 0.231 e. The Balaban J connectivity index is 0.00000272. The lowest BCUT2D eigenvalue weighted by Gasteiger charge is -2.36. The molecule has 4 rings (SSSR count). The predicted octanol–water partition coefficient (Wildman–Crippen LogP) is 3.43. The largest absolute Gasteiger partial charge is 0.454 e. The molecule has 0 bridgehead atoms. The van der Waals surface area contributed by atoms with Gasteiger partial charge in [-0.15, -0.1) is 35.3 Å². The minimum absolute atomic E-state index is 0. The molecule has 170 valence electrons. The van der Waals surface area contributed by atoms with E-state index in [9.17, 15) is 0 Å². The molecular formula is C22H32IN5O2S. The zero-order valence-electron chi connectivity index (χ0n) is 18.5. The Morgan fingerprint density at radius 1 is 1.16 bits per heavy atom. The Kier molecular flexibility index (Phi) is 8.79. The van der Waals surface area contributed by atoms with E-state index in [4.69, 9.17) is 14.5 Å². The Labute approximate surface area is 205 Å². The third-order valence-electron chi connectivity index (χ3n) is 5.45. The maximum Gasteiger partial charge on any atom is 0.231 e. The first kappa shape index (κ1) is 24.1. The number of aliphatic imine (C=N–C) groups is 1. The number of halogens is 1. The van der Waals surface area contributed by atoms with Crippen molar-refractivity contribution < 1.29 is 9.47 Å². The summed E-state index contributed by atoms with van der Waals surface area (Å²) in [7, 11) is 0. The van der Waals surface area contributed by atoms with Gasteiger partial charge >= 0.3 is 0 Å². The van der Waals surface area contributed by atoms with Gasteiger partial charge in [-0.3, -0.25) is 9.89 Å². The summed E-state index contributed by atoms with van der Waals surface area (Å²) in [6.45, 7) is 13.2. The number of nitrogens with one attached hydrogen (secondary N) is 1. The van der Waals surface area contributed by atoms with Gasteiger partial charge in [0.25, 0.3) is 0 Å². The maximum atomic E-state index is 5.51. The molecule has 1 aromatic carbocycles. The second kappa shape index (κ2) is 11.3. The van der Waals surface area contributed by atoms with Crippen molar-refractivity contribution in [3.05, 3.63) is 39.3 Å². The van der Waals surface area contributed by atoms with Gasteiger partial charge in [0, 0.05) is 57.1 Å². The number of guanidine groups is 1. The Morgan fingerprint density at radius 3 is 2.65 bits per heavy atom. The molecule has 0 aliphatic carbocycles. The van der Waals surface area contributed by atoms with Crippen molar-refractivity contribution in [2.24, 2.45) is 4.99 Å². The molecule has 1 saturated heterocycles. The van der Waals surface area contributed by atoms with Gasteiger partial charge < -0.3 is 19.7 Å². The van der Waals surface area contributed by atoms with Gasteiger partial charge in [-0.1, -0.05) is 6.07 Å². The molecule has 2 aliphatic heterocycles. The highest BCUT2D eigenvalue weighted by Crippen LogP contribution is 2.32. The fraction of sp³-hybridized carbons (Fsp3) is 0.545. The van der Waals surface area contributed by atoms with Crippen LogP contribution < -0.4 is 14.8 Å². The molecule has 0 saturated carbocycles. The van der Waals surface area contributed by atoms with Crippen LogP contribution in [0.25, 0.3) is 0 Å². The van der Waals surface area contributed by atoms with Crippen LogP contribution in [0, 0.1) is 13.8 Å². The highest BCUT2D eigenvalue weighted by atomic mass is 127. The van der Waals surface area contributed by atoms with E-state index in [0.717, 1.165) is 80.4 Å². The van der Waals surface area contributed by atoms with Crippen LogP contribution in [0.4, 0.5) is 0 Å². The Bertz CT molecular complexity index is 896. The van der Waals surface area contributed by atoms with E-state index >= 15 is 0 Å². The summed E-state index contributed by atoms with van der Waals surface area (Å²) >= 11 is 1.79. The number of benzene rings is 1. The Hall–Kier alpha value is -1.59. The van der Waals surface area contributed by atoms with Gasteiger partial charge in [0.15, 0.2) is 17.5 Å². The van der Waals surface area contributed by atoms with Gasteiger partial charge in [-0.05, 0) is 38.5 Å². The van der Waals surface area contributed by atoms with Crippen LogP contribution in [0.15, 0.2) is 23.2 Å². The van der Waals surface area contributed by atoms with Crippen molar-refractivity contribution in [1.29, 1.82) is 0 Å². The van der Waals surface area contributed by atoms with Crippen molar-refractivity contribution in [1.82, 2.24) is 20.1 Å². The molecule has 0 unspecified atom stereocenters. The lowest BCUT2D eigenvalue weighted by atomic mass is 10.1. The highest BCUT2D eigenvalue weighted by Gasteiger charge is 2.21. The lowest BCUT2D eigenvalue weighted by Crippen LogP contribution is -2.52. The van der Waals surface area contributed by atoms with Crippen molar-refractivity contribution in [2.75, 3.05) is 46.1 Å². The molecule has 1 N–H and O–H groups in total. The van der Waals surface area contributed by atoms with Gasteiger partial charge in [0.2, 0.25) is 6.79 Å². The molecule has 1 aromatic heterocycles. The van der Waals surface area contributed by atoms with Gasteiger partial charge in [-0.2, -0.15) is 0 Å². The van der Waals surface area contributed by atoms with Crippen LogP contribution >= 0.6 is 35.3 Å². The third-order valence-corrected chi connectivity index (χ3v) is 6.58. The average molecular weight is 558 g/mol. The van der Waals surface area contributed by atoms with E-state index in [2.05, 4.69) is 53.0 Å². The van der Waals surface area contributed by atoms with Crippen molar-refractivity contribution >= 4 is 41.3 Å². The van der Waals surface area contributed by atoms with E-state index in [1.54, 1.807) is 11.3 Å². The quantitative estimate of drug-likeness (QED) is 0.334. The summed E-state index contributed by atoms with van der Waals surface area (Å²) in [6.07, 6.45) is 0.955. The van der Waals surface area contributed by atoms with Crippen molar-refractivity contribution in [3.8, 4) is 11.5 Å². The number of hydrogen-bond acceptors (Lipinski definition) is 6. The third kappa shape index (κ3) is 6.23. The highest BCUT2D eigenvalue weighted by molar-refractivity contribution is 14.0. The van der Waals surface area contributed by atoms with Crippen LogP contribution in [0.5, 0.6) is 11.5 Å². The summed E-state index contributed by atoms with van der Waals surface area (Å²) in [5, 5.41) is 4.60. The van der Waals surface area contributed by atoms with E-state index in [1.165, 1.54) is 10.4 Å². The van der Waals surface area contributed by atoms with Crippen LogP contribution in [-0.2, 0) is 13.0 Å². The van der Waals surface area contributed by atoms with Crippen molar-refractivity contribution in [3.63, 3.8) is 0 Å². The van der Waals surface area contributed by atoms with Crippen LogP contribution in [0.2, 0.25) is 0 Å². The number of hydrogen-bond donors (Lipinski definition) is 1. The number of piperazine rings is 1. The topological polar surface area (TPSA) is 62.2 Å². The normalized spacial score (nSPS) is 16.4. The van der Waals surface area contributed by atoms with E-state index in [1.807, 2.05) is 6.07 Å². The minimum Gasteiger partial charge on any atom is -0.454 e. The van der Waals surface area contributed by atoms with Crippen LogP contribution in [0.3, 0.4) is 0 Å². The maximum absolute atomic E-state index is 5.51. The summed E-state index contributed by atoms with van der Waals surface area (Å²) in [5.74, 6) is 2.73. The van der Waals surface area contributed by atoms with Crippen LogP contribution in [0.1, 0.15) is 28.1 Å². The number of fused-ring (bicyclic) bond motifs is 1. The summed E-state index contributed by atoms with van der Waals surface area (Å²) in [4.78, 5) is 15.6. The van der Waals surface area contributed by atoms with Gasteiger partial charge in [-0.25, -0.2) is 4.98 Å². The molecule has 0 spiro atoms. The first-order chi connectivity index (χ1) is 14.6. The molecule has 9 heteroatoms. The first-order valence-corrected chi connectivity index (χ1v) is 11.5.